The molecule has 20 heavy (non-hydrogen) atoms. The van der Waals surface area contributed by atoms with Crippen molar-refractivity contribution in [2.75, 3.05) is 5.75 Å². The molecule has 0 spiro atoms. The lowest BCUT2D eigenvalue weighted by molar-refractivity contribution is -0.117. The summed E-state index contributed by atoms with van der Waals surface area (Å²) in [6.07, 6.45) is 2.80. The number of thioether (sulfide) groups is 1. The number of ketones is 1. The Morgan fingerprint density at radius 1 is 1.30 bits per heavy atom. The molecule has 2 atom stereocenters. The highest BCUT2D eigenvalue weighted by Gasteiger charge is 2.46. The zero-order chi connectivity index (χ0) is 14.2. The van der Waals surface area contributed by atoms with Crippen LogP contribution in [0.15, 0.2) is 46.4 Å². The molecule has 1 fully saturated rings. The second-order valence-electron chi connectivity index (χ2n) is 5.95. The molecular formula is C17H20O2S. The van der Waals surface area contributed by atoms with E-state index in [4.69, 9.17) is 0 Å². The Labute approximate surface area is 124 Å². The van der Waals surface area contributed by atoms with E-state index in [0.29, 0.717) is 6.42 Å². The van der Waals surface area contributed by atoms with Gasteiger partial charge in [-0.1, -0.05) is 30.7 Å². The number of carbonyl (C=O) groups is 1. The van der Waals surface area contributed by atoms with Crippen LogP contribution in [0.4, 0.5) is 0 Å². The maximum Gasteiger partial charge on any atom is 0.159 e. The molecule has 1 aromatic rings. The number of hydrogen-bond acceptors (Lipinski definition) is 3. The van der Waals surface area contributed by atoms with Crippen molar-refractivity contribution in [3.05, 3.63) is 41.5 Å². The molecule has 3 rings (SSSR count). The molecule has 0 aliphatic heterocycles. The quantitative estimate of drug-likeness (QED) is 0.864. The normalized spacial score (nSPS) is 29.7. The van der Waals surface area contributed by atoms with Gasteiger partial charge in [0.15, 0.2) is 5.78 Å². The van der Waals surface area contributed by atoms with Crippen molar-refractivity contribution in [1.29, 1.82) is 0 Å². The fourth-order valence-electron chi connectivity index (χ4n) is 3.43. The van der Waals surface area contributed by atoms with E-state index in [1.807, 2.05) is 18.2 Å². The fraction of sp³-hybridized carbons (Fsp3) is 0.471. The van der Waals surface area contributed by atoms with Crippen molar-refractivity contribution in [1.82, 2.24) is 0 Å². The van der Waals surface area contributed by atoms with Crippen molar-refractivity contribution in [2.45, 2.75) is 43.6 Å². The van der Waals surface area contributed by atoms with Gasteiger partial charge in [0, 0.05) is 28.1 Å². The van der Waals surface area contributed by atoms with Gasteiger partial charge in [-0.15, -0.1) is 11.8 Å². The van der Waals surface area contributed by atoms with Gasteiger partial charge in [-0.25, -0.2) is 0 Å². The highest BCUT2D eigenvalue weighted by atomic mass is 32.2. The lowest BCUT2D eigenvalue weighted by Crippen LogP contribution is -2.34. The van der Waals surface area contributed by atoms with Gasteiger partial charge in [0.2, 0.25) is 0 Å². The number of fused-ring (bicyclic) bond motifs is 1. The third-order valence-corrected chi connectivity index (χ3v) is 5.83. The van der Waals surface area contributed by atoms with E-state index in [1.54, 1.807) is 11.8 Å². The Kier molecular flexibility index (Phi) is 3.74. The first-order chi connectivity index (χ1) is 9.61. The summed E-state index contributed by atoms with van der Waals surface area (Å²) in [7, 11) is 0. The predicted octanol–water partition coefficient (Wildman–Crippen LogP) is 3.60. The van der Waals surface area contributed by atoms with Gasteiger partial charge in [-0.3, -0.25) is 4.79 Å². The van der Waals surface area contributed by atoms with Crippen LogP contribution in [0.2, 0.25) is 0 Å². The molecule has 0 aromatic heterocycles. The van der Waals surface area contributed by atoms with Crippen LogP contribution in [0.3, 0.4) is 0 Å². The van der Waals surface area contributed by atoms with Gasteiger partial charge in [0.1, 0.15) is 0 Å². The number of carbonyl (C=O) groups excluding carboxylic acids is 1. The van der Waals surface area contributed by atoms with Crippen molar-refractivity contribution in [3.63, 3.8) is 0 Å². The summed E-state index contributed by atoms with van der Waals surface area (Å²) in [4.78, 5) is 13.4. The molecule has 1 saturated carbocycles. The van der Waals surface area contributed by atoms with Crippen LogP contribution in [0, 0.1) is 5.41 Å². The van der Waals surface area contributed by atoms with Crippen LogP contribution < -0.4 is 0 Å². The summed E-state index contributed by atoms with van der Waals surface area (Å²) in [5, 5.41) is 10.2. The molecular weight excluding hydrogens is 268 g/mol. The molecule has 0 radical (unpaired) electrons. The Morgan fingerprint density at radius 3 is 2.80 bits per heavy atom. The predicted molar refractivity (Wildman–Crippen MR) is 81.8 cm³/mol. The second-order valence-corrected chi connectivity index (χ2v) is 7.00. The number of aliphatic hydroxyl groups excluding tert-OH is 1. The van der Waals surface area contributed by atoms with Gasteiger partial charge in [0.05, 0.1) is 6.10 Å². The van der Waals surface area contributed by atoms with Crippen molar-refractivity contribution < 1.29 is 9.90 Å². The molecule has 2 nitrogen and oxygen atoms in total. The highest BCUT2D eigenvalue weighted by molar-refractivity contribution is 7.99. The molecule has 0 bridgehead atoms. The van der Waals surface area contributed by atoms with Gasteiger partial charge in [-0.2, -0.15) is 0 Å². The van der Waals surface area contributed by atoms with E-state index in [0.717, 1.165) is 30.6 Å². The van der Waals surface area contributed by atoms with Gasteiger partial charge in [0.25, 0.3) is 0 Å². The van der Waals surface area contributed by atoms with Gasteiger partial charge >= 0.3 is 0 Å². The summed E-state index contributed by atoms with van der Waals surface area (Å²) >= 11 is 1.72. The van der Waals surface area contributed by atoms with Crippen LogP contribution in [0.1, 0.15) is 32.6 Å². The number of rotatable bonds is 3. The summed E-state index contributed by atoms with van der Waals surface area (Å²) in [5.74, 6) is 1.02. The summed E-state index contributed by atoms with van der Waals surface area (Å²) in [5.41, 5.74) is 2.05. The number of aliphatic hydroxyl groups is 1. The topological polar surface area (TPSA) is 37.3 Å². The first kappa shape index (κ1) is 13.9. The van der Waals surface area contributed by atoms with E-state index in [-0.39, 0.29) is 17.3 Å². The van der Waals surface area contributed by atoms with Crippen LogP contribution in [-0.4, -0.2) is 22.7 Å². The summed E-state index contributed by atoms with van der Waals surface area (Å²) in [6, 6.07) is 10.2. The molecule has 2 unspecified atom stereocenters. The summed E-state index contributed by atoms with van der Waals surface area (Å²) in [6.45, 7) is 2.12. The standard InChI is InChI=1S/C17H20O2S/c1-17-10-9-15(18)13(14(17)7-8-16(17)19)11-20-12-5-3-2-4-6-12/h2-6,16,19H,7-11H2,1H3. The number of Topliss-reactive ketones (excluding diaryl/α,β-unsaturated/α-hetero) is 1. The van der Waals surface area contributed by atoms with E-state index in [2.05, 4.69) is 19.1 Å². The first-order valence-corrected chi connectivity index (χ1v) is 8.21. The lowest BCUT2D eigenvalue weighted by Gasteiger charge is -2.35. The maximum atomic E-state index is 12.3. The minimum Gasteiger partial charge on any atom is -0.392 e. The largest absolute Gasteiger partial charge is 0.392 e. The monoisotopic (exact) mass is 288 g/mol. The van der Waals surface area contributed by atoms with E-state index >= 15 is 0 Å². The lowest BCUT2D eigenvalue weighted by atomic mass is 9.71. The minimum absolute atomic E-state index is 0.152. The molecule has 1 aromatic carbocycles. The van der Waals surface area contributed by atoms with Crippen molar-refractivity contribution in [2.24, 2.45) is 5.41 Å². The van der Waals surface area contributed by atoms with Gasteiger partial charge < -0.3 is 5.11 Å². The van der Waals surface area contributed by atoms with Crippen molar-refractivity contribution >= 4 is 17.5 Å². The molecule has 0 saturated heterocycles. The maximum absolute atomic E-state index is 12.3. The third kappa shape index (κ3) is 2.33. The molecule has 2 aliphatic rings. The average molecular weight is 288 g/mol. The number of benzene rings is 1. The summed E-state index contributed by atoms with van der Waals surface area (Å²) < 4.78 is 0. The SMILES string of the molecule is CC12CCC(=O)C(CSc3ccccc3)=C1CCC2O. The molecule has 0 amide bonds. The Morgan fingerprint density at radius 2 is 2.05 bits per heavy atom. The van der Waals surface area contributed by atoms with E-state index in [9.17, 15) is 9.90 Å². The average Bonchev–Trinajstić information content (AvgIpc) is 2.76. The van der Waals surface area contributed by atoms with E-state index in [1.165, 1.54) is 10.5 Å². The van der Waals surface area contributed by atoms with Crippen molar-refractivity contribution in [3.8, 4) is 0 Å². The Balaban J connectivity index is 1.84. The number of hydrogen-bond donors (Lipinski definition) is 1. The third-order valence-electron chi connectivity index (χ3n) is 4.79. The zero-order valence-corrected chi connectivity index (χ0v) is 12.6. The Hall–Kier alpha value is -1.06. The minimum atomic E-state index is -0.276. The van der Waals surface area contributed by atoms with E-state index < -0.39 is 0 Å². The molecule has 1 N–H and O–H groups in total. The zero-order valence-electron chi connectivity index (χ0n) is 11.8. The Bertz CT molecular complexity index is 549. The molecule has 2 aliphatic carbocycles. The second kappa shape index (κ2) is 5.38. The fourth-order valence-corrected chi connectivity index (χ4v) is 4.43. The van der Waals surface area contributed by atoms with Crippen LogP contribution in [-0.2, 0) is 4.79 Å². The molecule has 106 valence electrons. The van der Waals surface area contributed by atoms with Crippen LogP contribution in [0.25, 0.3) is 0 Å². The smallest absolute Gasteiger partial charge is 0.159 e. The van der Waals surface area contributed by atoms with Crippen LogP contribution >= 0.6 is 11.8 Å². The van der Waals surface area contributed by atoms with Gasteiger partial charge in [-0.05, 0) is 31.4 Å². The highest BCUT2D eigenvalue weighted by Crippen LogP contribution is 2.51. The molecule has 0 heterocycles. The van der Waals surface area contributed by atoms with Crippen LogP contribution in [0.5, 0.6) is 0 Å². The first-order valence-electron chi connectivity index (χ1n) is 7.23. The molecule has 3 heteroatoms.